The largest absolute Gasteiger partial charge is 0.494 e. The number of likely N-dealkylation sites (tertiary alicyclic amines) is 1. The first kappa shape index (κ1) is 28.3. The Morgan fingerprint density at radius 3 is 2.56 bits per heavy atom. The zero-order chi connectivity index (χ0) is 26.0. The summed E-state index contributed by atoms with van der Waals surface area (Å²) in [7, 11) is -3.14. The highest BCUT2D eigenvalue weighted by atomic mass is 31.2. The zero-order valence-corrected chi connectivity index (χ0v) is 22.7. The summed E-state index contributed by atoms with van der Waals surface area (Å²) in [6.45, 7) is 16.7. The van der Waals surface area contributed by atoms with Crippen LogP contribution in [0.15, 0.2) is 42.3 Å². The first-order chi connectivity index (χ1) is 17.4. The van der Waals surface area contributed by atoms with Crippen LogP contribution < -0.4 is 11.1 Å². The minimum absolute atomic E-state index is 0.147. The first-order valence-electron chi connectivity index (χ1n) is 12.9. The average molecular weight is 520 g/mol. The highest BCUT2D eigenvalue weighted by Crippen LogP contribution is 2.47. The smallest absolute Gasteiger partial charge is 0.334 e. The van der Waals surface area contributed by atoms with Crippen molar-refractivity contribution in [2.45, 2.75) is 39.5 Å². The number of amidine groups is 1. The minimum Gasteiger partial charge on any atom is -0.494 e. The Balaban J connectivity index is 0.000000331. The van der Waals surface area contributed by atoms with Crippen molar-refractivity contribution in [3.63, 3.8) is 0 Å². The van der Waals surface area contributed by atoms with Gasteiger partial charge in [-0.15, -0.1) is 0 Å². The maximum absolute atomic E-state index is 12.4. The van der Waals surface area contributed by atoms with Gasteiger partial charge in [0.25, 0.3) is 0 Å². The number of H-pyrrole nitrogens is 1. The third-order valence-corrected chi connectivity index (χ3v) is 8.52. The monoisotopic (exact) mass is 519 g/mol. The van der Waals surface area contributed by atoms with Gasteiger partial charge in [0.05, 0.1) is 31.5 Å². The summed E-state index contributed by atoms with van der Waals surface area (Å²) in [5.74, 6) is 2.75. The quantitative estimate of drug-likeness (QED) is 0.192. The van der Waals surface area contributed by atoms with Crippen molar-refractivity contribution in [1.29, 1.82) is 0 Å². The van der Waals surface area contributed by atoms with E-state index in [0.717, 1.165) is 28.4 Å². The number of allylic oxidation sites excluding steroid dienone is 3. The molecule has 0 spiro atoms. The van der Waals surface area contributed by atoms with E-state index < -0.39 is 7.60 Å². The Labute approximate surface area is 215 Å². The van der Waals surface area contributed by atoms with E-state index in [1.165, 1.54) is 45.3 Å². The van der Waals surface area contributed by atoms with E-state index in [-0.39, 0.29) is 12.8 Å². The van der Waals surface area contributed by atoms with Crippen molar-refractivity contribution in [1.82, 2.24) is 9.88 Å². The van der Waals surface area contributed by atoms with E-state index >= 15 is 0 Å². The van der Waals surface area contributed by atoms with Gasteiger partial charge in [0, 0.05) is 18.3 Å². The molecule has 0 aromatic carbocycles. The van der Waals surface area contributed by atoms with Crippen LogP contribution in [0.2, 0.25) is 0 Å². The number of fused-ring (bicyclic) bond motifs is 1. The summed E-state index contributed by atoms with van der Waals surface area (Å²) in [6, 6.07) is 0. The molecule has 4 rings (SSSR count). The van der Waals surface area contributed by atoms with Crippen LogP contribution in [0, 0.1) is 5.92 Å². The third kappa shape index (κ3) is 7.84. The van der Waals surface area contributed by atoms with Crippen molar-refractivity contribution in [2.75, 3.05) is 57.6 Å². The number of aromatic nitrogens is 1. The molecule has 10 heteroatoms. The van der Waals surface area contributed by atoms with E-state index in [2.05, 4.69) is 33.4 Å². The second kappa shape index (κ2) is 13.8. The van der Waals surface area contributed by atoms with Gasteiger partial charge in [-0.2, -0.15) is 0 Å². The van der Waals surface area contributed by atoms with Gasteiger partial charge in [-0.25, -0.2) is 4.99 Å². The van der Waals surface area contributed by atoms with Crippen molar-refractivity contribution >= 4 is 24.8 Å². The lowest BCUT2D eigenvalue weighted by Gasteiger charge is -2.37. The Bertz CT molecular complexity index is 972. The van der Waals surface area contributed by atoms with Crippen molar-refractivity contribution in [3.05, 3.63) is 48.4 Å². The lowest BCUT2D eigenvalue weighted by molar-refractivity contribution is 0.121. The van der Waals surface area contributed by atoms with Crippen LogP contribution >= 0.6 is 7.60 Å². The summed E-state index contributed by atoms with van der Waals surface area (Å²) < 4.78 is 28.5. The number of rotatable bonds is 13. The topological polar surface area (TPSA) is 114 Å². The molecular formula is C26H42N5O4P. The number of ether oxygens (including phenoxy) is 1. The number of nitrogens with zero attached hydrogens (tertiary/aromatic N) is 2. The fourth-order valence-electron chi connectivity index (χ4n) is 4.25. The van der Waals surface area contributed by atoms with Crippen LogP contribution in [0.4, 0.5) is 5.82 Å². The Kier molecular flexibility index (Phi) is 10.9. The van der Waals surface area contributed by atoms with E-state index in [4.69, 9.17) is 19.5 Å². The van der Waals surface area contributed by atoms with E-state index in [0.29, 0.717) is 31.5 Å². The van der Waals surface area contributed by atoms with Gasteiger partial charge < -0.3 is 34.7 Å². The van der Waals surface area contributed by atoms with Crippen molar-refractivity contribution in [3.8, 4) is 0 Å². The Morgan fingerprint density at radius 2 is 2.00 bits per heavy atom. The Hall–Kier alpha value is -2.32. The molecular weight excluding hydrogens is 477 g/mol. The molecule has 36 heavy (non-hydrogen) atoms. The van der Waals surface area contributed by atoms with Crippen LogP contribution in [0.3, 0.4) is 0 Å². The lowest BCUT2D eigenvalue weighted by atomic mass is 9.84. The molecule has 0 amide bonds. The molecule has 2 fully saturated rings. The summed E-state index contributed by atoms with van der Waals surface area (Å²) in [5.41, 5.74) is 8.42. The number of anilines is 1. The number of hydrogen-bond acceptors (Lipinski definition) is 8. The number of nitrogens with two attached hydrogens (primary N) is 1. The minimum atomic E-state index is -3.14. The number of nitrogens with one attached hydrogen (secondary N) is 2. The number of hydrogen-bond donors (Lipinski definition) is 3. The lowest BCUT2D eigenvalue weighted by Crippen LogP contribution is -2.41. The van der Waals surface area contributed by atoms with Crippen LogP contribution in [0.25, 0.3) is 5.57 Å². The standard InChI is InChI=1S/C18H27N4O4P.C8H15N/c1-5-14(15-11-20-18-16(15)17(19)21-12-22-18)10-13(4)24-8-9-27(23,25-6-2)26-7-3;1-3-8(4-1)7-9-5-2-6-9/h5,10-11,20,22H,1,4,6-9,12H2,2-3H3,(H2,19,21);8H,1-7H2/b14-10+;. The molecule has 1 saturated carbocycles. The van der Waals surface area contributed by atoms with Crippen molar-refractivity contribution < 1.29 is 18.3 Å². The maximum Gasteiger partial charge on any atom is 0.334 e. The Morgan fingerprint density at radius 1 is 1.28 bits per heavy atom. The molecule has 0 atom stereocenters. The molecule has 3 heterocycles. The molecule has 1 aromatic heterocycles. The van der Waals surface area contributed by atoms with Crippen molar-refractivity contribution in [2.24, 2.45) is 16.6 Å². The van der Waals surface area contributed by atoms with Crippen LogP contribution in [0.1, 0.15) is 50.7 Å². The van der Waals surface area contributed by atoms with Gasteiger partial charge in [0.15, 0.2) is 0 Å². The predicted octanol–water partition coefficient (Wildman–Crippen LogP) is 4.96. The molecule has 200 valence electrons. The molecule has 0 radical (unpaired) electrons. The highest BCUT2D eigenvalue weighted by molar-refractivity contribution is 7.53. The zero-order valence-electron chi connectivity index (χ0n) is 21.8. The fraction of sp³-hybridized carbons (Fsp3) is 0.577. The molecule has 2 aliphatic heterocycles. The normalized spacial score (nSPS) is 17.9. The van der Waals surface area contributed by atoms with E-state index in [1.54, 1.807) is 26.0 Å². The second-order valence-electron chi connectivity index (χ2n) is 9.07. The molecule has 3 aliphatic rings. The van der Waals surface area contributed by atoms with Crippen LogP contribution in [-0.4, -0.2) is 68.0 Å². The first-order valence-corrected chi connectivity index (χ1v) is 14.6. The van der Waals surface area contributed by atoms with Gasteiger partial charge >= 0.3 is 7.60 Å². The summed E-state index contributed by atoms with van der Waals surface area (Å²) in [6.07, 6.45) is 11.4. The van der Waals surface area contributed by atoms with Gasteiger partial charge in [-0.3, -0.25) is 4.57 Å². The maximum atomic E-state index is 12.4. The third-order valence-electron chi connectivity index (χ3n) is 6.48. The van der Waals surface area contributed by atoms with Gasteiger partial charge in [0.1, 0.15) is 24.1 Å². The predicted molar refractivity (Wildman–Crippen MR) is 147 cm³/mol. The molecule has 4 N–H and O–H groups in total. The summed E-state index contributed by atoms with van der Waals surface area (Å²) >= 11 is 0. The van der Waals surface area contributed by atoms with E-state index in [9.17, 15) is 4.57 Å². The van der Waals surface area contributed by atoms with E-state index in [1.807, 2.05) is 6.20 Å². The molecule has 0 unspecified atom stereocenters. The van der Waals surface area contributed by atoms with Gasteiger partial charge in [0.2, 0.25) is 0 Å². The molecule has 1 aromatic rings. The summed E-state index contributed by atoms with van der Waals surface area (Å²) in [4.78, 5) is 9.92. The number of aromatic amines is 1. The van der Waals surface area contributed by atoms with Gasteiger partial charge in [-0.1, -0.05) is 25.7 Å². The SMILES string of the molecule is C1CC(CN2CCC2)C1.C=C/C(=C\C(=C)OCCP(=O)(OCC)OCC)c1c[nH]c2c1C(N)=NCN2. The molecule has 9 nitrogen and oxygen atoms in total. The van der Waals surface area contributed by atoms with Gasteiger partial charge in [-0.05, 0) is 63.8 Å². The molecule has 1 aliphatic carbocycles. The molecule has 1 saturated heterocycles. The summed E-state index contributed by atoms with van der Waals surface area (Å²) in [5, 5.41) is 3.12. The highest BCUT2D eigenvalue weighted by Gasteiger charge is 2.24. The molecule has 0 bridgehead atoms. The van der Waals surface area contributed by atoms with Crippen LogP contribution in [-0.2, 0) is 18.3 Å². The fourth-order valence-corrected chi connectivity index (χ4v) is 5.69. The van der Waals surface area contributed by atoms with Crippen LogP contribution in [0.5, 0.6) is 0 Å². The second-order valence-corrected chi connectivity index (χ2v) is 11.3. The average Bonchev–Trinajstić information content (AvgIpc) is 3.21. The number of aliphatic imine (C=N–C) groups is 1.